The standard InChI is InChI=1S/C13H25NO2/c1-2-12(15)10-14-13(16)11-8-6-4-3-5-7-9-11/h11-12,15H,2-10H2,1H3,(H,14,16). The second-order valence-electron chi connectivity index (χ2n) is 4.85. The van der Waals surface area contributed by atoms with Crippen LogP contribution in [0, 0.1) is 5.92 Å². The third kappa shape index (κ3) is 4.97. The number of hydrogen-bond acceptors (Lipinski definition) is 2. The summed E-state index contributed by atoms with van der Waals surface area (Å²) in [5, 5.41) is 12.3. The predicted molar refractivity (Wildman–Crippen MR) is 65.1 cm³/mol. The first kappa shape index (κ1) is 13.5. The lowest BCUT2D eigenvalue weighted by atomic mass is 9.90. The van der Waals surface area contributed by atoms with Crippen molar-refractivity contribution in [2.75, 3.05) is 6.54 Å². The van der Waals surface area contributed by atoms with Crippen LogP contribution >= 0.6 is 0 Å². The van der Waals surface area contributed by atoms with Gasteiger partial charge in [0.15, 0.2) is 0 Å². The van der Waals surface area contributed by atoms with E-state index in [0.717, 1.165) is 12.8 Å². The average molecular weight is 227 g/mol. The summed E-state index contributed by atoms with van der Waals surface area (Å²) in [5.74, 6) is 0.332. The Morgan fingerprint density at radius 1 is 1.25 bits per heavy atom. The molecule has 0 spiro atoms. The molecule has 0 aliphatic heterocycles. The summed E-state index contributed by atoms with van der Waals surface area (Å²) in [6.45, 7) is 2.33. The van der Waals surface area contributed by atoms with Gasteiger partial charge in [0, 0.05) is 12.5 Å². The highest BCUT2D eigenvalue weighted by Crippen LogP contribution is 2.22. The van der Waals surface area contributed by atoms with Crippen LogP contribution in [0.3, 0.4) is 0 Å². The predicted octanol–water partition coefficient (Wildman–Crippen LogP) is 2.23. The minimum atomic E-state index is -0.391. The van der Waals surface area contributed by atoms with Gasteiger partial charge in [-0.15, -0.1) is 0 Å². The van der Waals surface area contributed by atoms with Crippen molar-refractivity contribution in [2.45, 2.75) is 64.4 Å². The minimum absolute atomic E-state index is 0.148. The number of carbonyl (C=O) groups is 1. The molecule has 0 radical (unpaired) electrons. The fraction of sp³-hybridized carbons (Fsp3) is 0.923. The van der Waals surface area contributed by atoms with E-state index in [1.54, 1.807) is 0 Å². The SMILES string of the molecule is CCC(O)CNC(=O)C1CCCCCCC1. The Morgan fingerprint density at radius 3 is 2.38 bits per heavy atom. The Balaban J connectivity index is 2.27. The van der Waals surface area contributed by atoms with Crippen molar-refractivity contribution in [3.05, 3.63) is 0 Å². The van der Waals surface area contributed by atoms with Gasteiger partial charge >= 0.3 is 0 Å². The summed E-state index contributed by atoms with van der Waals surface area (Å²) in [7, 11) is 0. The molecule has 1 atom stereocenters. The Bertz CT molecular complexity index is 198. The van der Waals surface area contributed by atoms with Crippen LogP contribution in [0.4, 0.5) is 0 Å². The van der Waals surface area contributed by atoms with Gasteiger partial charge in [-0.1, -0.05) is 39.0 Å². The molecule has 3 nitrogen and oxygen atoms in total. The summed E-state index contributed by atoms with van der Waals surface area (Å²) in [4.78, 5) is 11.9. The van der Waals surface area contributed by atoms with E-state index in [1.165, 1.54) is 32.1 Å². The molecule has 1 fully saturated rings. The first-order valence-corrected chi connectivity index (χ1v) is 6.69. The van der Waals surface area contributed by atoms with E-state index in [-0.39, 0.29) is 11.8 Å². The van der Waals surface area contributed by atoms with Gasteiger partial charge in [0.1, 0.15) is 0 Å². The Hall–Kier alpha value is -0.570. The fourth-order valence-corrected chi connectivity index (χ4v) is 2.23. The Labute approximate surface area is 98.6 Å². The van der Waals surface area contributed by atoms with Crippen LogP contribution in [0.25, 0.3) is 0 Å². The first-order valence-electron chi connectivity index (χ1n) is 6.69. The lowest BCUT2D eigenvalue weighted by molar-refractivity contribution is -0.126. The molecular formula is C13H25NO2. The molecule has 1 aliphatic rings. The zero-order valence-electron chi connectivity index (χ0n) is 10.4. The number of amides is 1. The van der Waals surface area contributed by atoms with Gasteiger partial charge in [-0.25, -0.2) is 0 Å². The van der Waals surface area contributed by atoms with Gasteiger partial charge in [-0.05, 0) is 19.3 Å². The number of nitrogens with one attached hydrogen (secondary N) is 1. The number of carbonyl (C=O) groups excluding carboxylic acids is 1. The Kier molecular flexibility index (Phi) is 6.46. The maximum absolute atomic E-state index is 11.9. The molecule has 0 saturated heterocycles. The second-order valence-corrected chi connectivity index (χ2v) is 4.85. The number of aliphatic hydroxyl groups excluding tert-OH is 1. The molecule has 16 heavy (non-hydrogen) atoms. The van der Waals surface area contributed by atoms with Gasteiger partial charge in [0.25, 0.3) is 0 Å². The molecule has 1 saturated carbocycles. The highest BCUT2D eigenvalue weighted by atomic mass is 16.3. The van der Waals surface area contributed by atoms with Crippen LogP contribution in [0.5, 0.6) is 0 Å². The fourth-order valence-electron chi connectivity index (χ4n) is 2.23. The van der Waals surface area contributed by atoms with Crippen LogP contribution in [0.1, 0.15) is 58.3 Å². The zero-order valence-corrected chi connectivity index (χ0v) is 10.4. The Morgan fingerprint density at radius 2 is 1.81 bits per heavy atom. The normalized spacial score (nSPS) is 20.9. The van der Waals surface area contributed by atoms with E-state index in [9.17, 15) is 9.90 Å². The van der Waals surface area contributed by atoms with Crippen molar-refractivity contribution in [3.63, 3.8) is 0 Å². The monoisotopic (exact) mass is 227 g/mol. The van der Waals surface area contributed by atoms with Crippen LogP contribution in [-0.4, -0.2) is 23.7 Å². The quantitative estimate of drug-likeness (QED) is 0.774. The second kappa shape index (κ2) is 7.66. The molecule has 1 rings (SSSR count). The number of hydrogen-bond donors (Lipinski definition) is 2. The summed E-state index contributed by atoms with van der Waals surface area (Å²) in [5.41, 5.74) is 0. The maximum atomic E-state index is 11.9. The highest BCUT2D eigenvalue weighted by molar-refractivity contribution is 5.78. The third-order valence-electron chi connectivity index (χ3n) is 3.46. The maximum Gasteiger partial charge on any atom is 0.223 e. The largest absolute Gasteiger partial charge is 0.391 e. The summed E-state index contributed by atoms with van der Waals surface area (Å²) < 4.78 is 0. The van der Waals surface area contributed by atoms with Crippen molar-refractivity contribution in [1.29, 1.82) is 0 Å². The molecule has 0 bridgehead atoms. The molecule has 1 aliphatic carbocycles. The van der Waals surface area contributed by atoms with Crippen LogP contribution in [0.15, 0.2) is 0 Å². The van der Waals surface area contributed by atoms with Crippen molar-refractivity contribution >= 4 is 5.91 Å². The molecule has 0 aromatic rings. The van der Waals surface area contributed by atoms with E-state index in [4.69, 9.17) is 0 Å². The van der Waals surface area contributed by atoms with Crippen LogP contribution < -0.4 is 5.32 Å². The molecule has 2 N–H and O–H groups in total. The van der Waals surface area contributed by atoms with Crippen LogP contribution in [-0.2, 0) is 4.79 Å². The smallest absolute Gasteiger partial charge is 0.223 e. The highest BCUT2D eigenvalue weighted by Gasteiger charge is 2.19. The molecule has 0 aromatic carbocycles. The topological polar surface area (TPSA) is 49.3 Å². The molecule has 0 aromatic heterocycles. The molecule has 0 heterocycles. The van der Waals surface area contributed by atoms with Crippen molar-refractivity contribution < 1.29 is 9.90 Å². The lowest BCUT2D eigenvalue weighted by Gasteiger charge is -2.19. The minimum Gasteiger partial charge on any atom is -0.391 e. The summed E-state index contributed by atoms with van der Waals surface area (Å²) >= 11 is 0. The van der Waals surface area contributed by atoms with Gasteiger partial charge in [0.2, 0.25) is 5.91 Å². The van der Waals surface area contributed by atoms with E-state index in [1.807, 2.05) is 6.92 Å². The number of rotatable bonds is 4. The van der Waals surface area contributed by atoms with Gasteiger partial charge in [-0.2, -0.15) is 0 Å². The van der Waals surface area contributed by atoms with Crippen molar-refractivity contribution in [1.82, 2.24) is 5.32 Å². The van der Waals surface area contributed by atoms with E-state index >= 15 is 0 Å². The van der Waals surface area contributed by atoms with E-state index in [2.05, 4.69) is 5.32 Å². The molecule has 3 heteroatoms. The summed E-state index contributed by atoms with van der Waals surface area (Å²) in [6.07, 6.45) is 8.55. The summed E-state index contributed by atoms with van der Waals surface area (Å²) in [6, 6.07) is 0. The molecule has 94 valence electrons. The molecule has 1 unspecified atom stereocenters. The average Bonchev–Trinajstić information content (AvgIpc) is 2.25. The lowest BCUT2D eigenvalue weighted by Crippen LogP contribution is -2.36. The van der Waals surface area contributed by atoms with Gasteiger partial charge in [0.05, 0.1) is 6.10 Å². The van der Waals surface area contributed by atoms with E-state index in [0.29, 0.717) is 13.0 Å². The zero-order chi connectivity index (χ0) is 11.8. The van der Waals surface area contributed by atoms with Gasteiger partial charge in [-0.3, -0.25) is 4.79 Å². The van der Waals surface area contributed by atoms with E-state index < -0.39 is 6.10 Å². The third-order valence-corrected chi connectivity index (χ3v) is 3.46. The van der Waals surface area contributed by atoms with Crippen molar-refractivity contribution in [2.24, 2.45) is 5.92 Å². The number of aliphatic hydroxyl groups is 1. The first-order chi connectivity index (χ1) is 7.74. The molecule has 1 amide bonds. The van der Waals surface area contributed by atoms with Crippen LogP contribution in [0.2, 0.25) is 0 Å². The molecular weight excluding hydrogens is 202 g/mol. The van der Waals surface area contributed by atoms with Gasteiger partial charge < -0.3 is 10.4 Å². The van der Waals surface area contributed by atoms with Crippen molar-refractivity contribution in [3.8, 4) is 0 Å².